The molecular weight excluding hydrogens is 550 g/mol. The largest absolute Gasteiger partial charge is 0.495 e. The Bertz CT molecular complexity index is 1420. The van der Waals surface area contributed by atoms with Gasteiger partial charge in [0.2, 0.25) is 21.8 Å². The number of nitrogens with one attached hydrogen (secondary N) is 1. The smallest absolute Gasteiger partial charge is 0.244 e. The van der Waals surface area contributed by atoms with Crippen molar-refractivity contribution in [2.75, 3.05) is 24.2 Å². The Morgan fingerprint density at radius 2 is 1.57 bits per heavy atom. The van der Waals surface area contributed by atoms with E-state index >= 15 is 0 Å². The highest BCUT2D eigenvalue weighted by atomic mass is 35.5. The lowest BCUT2D eigenvalue weighted by molar-refractivity contribution is -0.140. The van der Waals surface area contributed by atoms with Crippen LogP contribution < -0.4 is 14.4 Å². The third-order valence-corrected chi connectivity index (χ3v) is 7.41. The number of carbonyl (C=O) groups is 2. The van der Waals surface area contributed by atoms with Crippen molar-refractivity contribution in [3.8, 4) is 5.75 Å². The van der Waals surface area contributed by atoms with Gasteiger partial charge in [0.1, 0.15) is 18.3 Å². The van der Waals surface area contributed by atoms with E-state index in [1.165, 1.54) is 12.0 Å². The number of nitrogens with zero attached hydrogens (tertiary/aromatic N) is 2. The van der Waals surface area contributed by atoms with E-state index < -0.39 is 34.1 Å². The number of anilines is 1. The van der Waals surface area contributed by atoms with E-state index in [1.807, 2.05) is 57.2 Å². The first-order valence-corrected chi connectivity index (χ1v) is 15.0. The predicted molar refractivity (Wildman–Crippen MR) is 159 cm³/mol. The van der Waals surface area contributed by atoms with Crippen LogP contribution >= 0.6 is 11.6 Å². The van der Waals surface area contributed by atoms with E-state index in [1.54, 1.807) is 42.5 Å². The summed E-state index contributed by atoms with van der Waals surface area (Å²) in [6, 6.07) is 22.0. The molecule has 0 aliphatic rings. The summed E-state index contributed by atoms with van der Waals surface area (Å²) in [5, 5.41) is 3.48. The first kappa shape index (κ1) is 31.0. The summed E-state index contributed by atoms with van der Waals surface area (Å²) in [6.07, 6.45) is 1.25. The maximum atomic E-state index is 14.1. The van der Waals surface area contributed by atoms with Crippen molar-refractivity contribution in [2.24, 2.45) is 0 Å². The number of benzene rings is 3. The van der Waals surface area contributed by atoms with Crippen LogP contribution in [0, 0.1) is 0 Å². The lowest BCUT2D eigenvalue weighted by Crippen LogP contribution is -2.56. The Balaban J connectivity index is 2.10. The van der Waals surface area contributed by atoms with Crippen molar-refractivity contribution < 1.29 is 22.7 Å². The second-order valence-corrected chi connectivity index (χ2v) is 12.9. The molecule has 0 saturated heterocycles. The zero-order valence-corrected chi connectivity index (χ0v) is 25.0. The van der Waals surface area contributed by atoms with Gasteiger partial charge in [-0.3, -0.25) is 13.9 Å². The van der Waals surface area contributed by atoms with Gasteiger partial charge in [0, 0.05) is 23.5 Å². The fourth-order valence-corrected chi connectivity index (χ4v) is 5.34. The van der Waals surface area contributed by atoms with Gasteiger partial charge in [-0.25, -0.2) is 8.42 Å². The van der Waals surface area contributed by atoms with Crippen molar-refractivity contribution in [3.63, 3.8) is 0 Å². The van der Waals surface area contributed by atoms with E-state index in [2.05, 4.69) is 5.32 Å². The molecule has 0 aliphatic heterocycles. The second kappa shape index (κ2) is 13.2. The van der Waals surface area contributed by atoms with Crippen LogP contribution in [-0.2, 0) is 32.6 Å². The summed E-state index contributed by atoms with van der Waals surface area (Å²) >= 11 is 6.24. The molecule has 0 spiro atoms. The summed E-state index contributed by atoms with van der Waals surface area (Å²) in [5.41, 5.74) is 1.21. The molecule has 1 atom stereocenters. The molecule has 3 aromatic carbocycles. The van der Waals surface area contributed by atoms with E-state index in [0.717, 1.165) is 16.1 Å². The lowest BCUT2D eigenvalue weighted by atomic mass is 10.0. The van der Waals surface area contributed by atoms with Crippen LogP contribution in [0.15, 0.2) is 78.9 Å². The standard InChI is InChI=1S/C30H36ClN3O5S/c1-30(2,3)32-29(36)26(19-22-12-7-6-8-13-22)33(20-23-14-11-15-24(31)18-23)28(35)21-34(40(5,37)38)25-16-9-10-17-27(25)39-4/h6-18,26H,19-21H2,1-5H3,(H,32,36)/t26-/m1/s1. The third kappa shape index (κ3) is 8.72. The molecule has 214 valence electrons. The second-order valence-electron chi connectivity index (χ2n) is 10.5. The van der Waals surface area contributed by atoms with Crippen LogP contribution in [-0.4, -0.2) is 56.6 Å². The number of halogens is 1. The number of rotatable bonds is 11. The number of ether oxygens (including phenoxy) is 1. The first-order chi connectivity index (χ1) is 18.8. The predicted octanol–water partition coefficient (Wildman–Crippen LogP) is 4.67. The van der Waals surface area contributed by atoms with Gasteiger partial charge in [-0.2, -0.15) is 0 Å². The lowest BCUT2D eigenvalue weighted by Gasteiger charge is -2.35. The van der Waals surface area contributed by atoms with E-state index in [9.17, 15) is 18.0 Å². The van der Waals surface area contributed by atoms with Gasteiger partial charge in [0.25, 0.3) is 0 Å². The summed E-state index contributed by atoms with van der Waals surface area (Å²) in [7, 11) is -2.48. The molecule has 8 nitrogen and oxygen atoms in total. The Hall–Kier alpha value is -3.56. The molecule has 0 aromatic heterocycles. The van der Waals surface area contributed by atoms with Crippen molar-refractivity contribution in [3.05, 3.63) is 95.0 Å². The zero-order valence-electron chi connectivity index (χ0n) is 23.4. The number of methoxy groups -OCH3 is 1. The van der Waals surface area contributed by atoms with Crippen LogP contribution in [0.3, 0.4) is 0 Å². The van der Waals surface area contributed by atoms with Gasteiger partial charge in [0.05, 0.1) is 19.1 Å². The third-order valence-electron chi connectivity index (χ3n) is 6.04. The topological polar surface area (TPSA) is 96.0 Å². The summed E-state index contributed by atoms with van der Waals surface area (Å²) in [4.78, 5) is 29.3. The maximum absolute atomic E-state index is 14.1. The minimum Gasteiger partial charge on any atom is -0.495 e. The highest BCUT2D eigenvalue weighted by Gasteiger charge is 2.34. The zero-order chi connectivity index (χ0) is 29.5. The minimum atomic E-state index is -3.91. The summed E-state index contributed by atoms with van der Waals surface area (Å²) in [5.74, 6) is -0.607. The molecule has 10 heteroatoms. The molecule has 2 amide bonds. The van der Waals surface area contributed by atoms with Gasteiger partial charge < -0.3 is 15.0 Å². The highest BCUT2D eigenvalue weighted by molar-refractivity contribution is 7.92. The van der Waals surface area contributed by atoms with Gasteiger partial charge in [-0.1, -0.05) is 66.2 Å². The highest BCUT2D eigenvalue weighted by Crippen LogP contribution is 2.30. The SMILES string of the molecule is COc1ccccc1N(CC(=O)N(Cc1cccc(Cl)c1)[C@H](Cc1ccccc1)C(=O)NC(C)(C)C)S(C)(=O)=O. The number of amides is 2. The van der Waals surface area contributed by atoms with Crippen LogP contribution in [0.2, 0.25) is 5.02 Å². The number of para-hydroxylation sites is 2. The number of carbonyl (C=O) groups excluding carboxylic acids is 2. The van der Waals surface area contributed by atoms with Crippen molar-refractivity contribution >= 4 is 39.1 Å². The number of hydrogen-bond donors (Lipinski definition) is 1. The number of hydrogen-bond acceptors (Lipinski definition) is 5. The monoisotopic (exact) mass is 585 g/mol. The first-order valence-electron chi connectivity index (χ1n) is 12.8. The van der Waals surface area contributed by atoms with Gasteiger partial charge in [0.15, 0.2) is 0 Å². The minimum absolute atomic E-state index is 0.0397. The average molecular weight is 586 g/mol. The van der Waals surface area contributed by atoms with E-state index in [0.29, 0.717) is 16.3 Å². The van der Waals surface area contributed by atoms with Crippen LogP contribution in [0.4, 0.5) is 5.69 Å². The van der Waals surface area contributed by atoms with Crippen molar-refractivity contribution in [1.82, 2.24) is 10.2 Å². The average Bonchev–Trinajstić information content (AvgIpc) is 2.88. The van der Waals surface area contributed by atoms with Gasteiger partial charge >= 0.3 is 0 Å². The van der Waals surface area contributed by atoms with Gasteiger partial charge in [-0.15, -0.1) is 0 Å². The Morgan fingerprint density at radius 1 is 0.950 bits per heavy atom. The molecule has 3 aromatic rings. The number of sulfonamides is 1. The molecule has 0 fully saturated rings. The van der Waals surface area contributed by atoms with E-state index in [-0.39, 0.29) is 24.6 Å². The molecular formula is C30H36ClN3O5S. The maximum Gasteiger partial charge on any atom is 0.244 e. The molecule has 0 bridgehead atoms. The molecule has 0 saturated carbocycles. The summed E-state index contributed by atoms with van der Waals surface area (Å²) in [6.45, 7) is 5.09. The van der Waals surface area contributed by atoms with Crippen LogP contribution in [0.5, 0.6) is 5.75 Å². The Morgan fingerprint density at radius 3 is 2.17 bits per heavy atom. The van der Waals surface area contributed by atoms with Crippen molar-refractivity contribution in [2.45, 2.75) is 45.3 Å². The molecule has 3 rings (SSSR count). The Labute approximate surface area is 241 Å². The molecule has 40 heavy (non-hydrogen) atoms. The fourth-order valence-electron chi connectivity index (χ4n) is 4.27. The molecule has 1 N–H and O–H groups in total. The van der Waals surface area contributed by atoms with Gasteiger partial charge in [-0.05, 0) is 56.2 Å². The molecule has 0 radical (unpaired) electrons. The molecule has 0 aliphatic carbocycles. The fraction of sp³-hybridized carbons (Fsp3) is 0.333. The quantitative estimate of drug-likeness (QED) is 0.353. The summed E-state index contributed by atoms with van der Waals surface area (Å²) < 4.78 is 32.3. The normalized spacial score (nSPS) is 12.3. The van der Waals surface area contributed by atoms with E-state index in [4.69, 9.17) is 16.3 Å². The molecule has 0 heterocycles. The molecule has 0 unspecified atom stereocenters. The van der Waals surface area contributed by atoms with Crippen LogP contribution in [0.25, 0.3) is 0 Å². The van der Waals surface area contributed by atoms with Crippen molar-refractivity contribution in [1.29, 1.82) is 0 Å². The van der Waals surface area contributed by atoms with Crippen LogP contribution in [0.1, 0.15) is 31.9 Å². The Kier molecular flexibility index (Phi) is 10.2.